The van der Waals surface area contributed by atoms with E-state index >= 15 is 0 Å². The number of pyridine rings is 2. The number of aromatic amines is 1. The number of carbonyl (C=O) groups is 2. The van der Waals surface area contributed by atoms with Crippen LogP contribution >= 0.6 is 0 Å². The minimum atomic E-state index is -0.0890. The highest BCUT2D eigenvalue weighted by molar-refractivity contribution is 6.08. The van der Waals surface area contributed by atoms with Gasteiger partial charge >= 0.3 is 0 Å². The molecule has 186 valence electrons. The highest BCUT2D eigenvalue weighted by Crippen LogP contribution is 2.33. The van der Waals surface area contributed by atoms with Crippen LogP contribution in [0.15, 0.2) is 54.9 Å². The van der Waals surface area contributed by atoms with Crippen molar-refractivity contribution in [3.05, 3.63) is 60.4 Å². The van der Waals surface area contributed by atoms with Crippen LogP contribution in [0.4, 0.5) is 5.82 Å². The number of hydrogen-bond donors (Lipinski definition) is 3. The number of nitrogens with zero attached hydrogens (tertiary/aromatic N) is 5. The molecule has 1 aliphatic heterocycles. The molecule has 37 heavy (non-hydrogen) atoms. The second-order valence-corrected chi connectivity index (χ2v) is 9.16. The van der Waals surface area contributed by atoms with Crippen LogP contribution in [0.1, 0.15) is 36.5 Å². The fourth-order valence-corrected chi connectivity index (χ4v) is 4.84. The number of aromatic nitrogens is 5. The Hall–Kier alpha value is -4.73. The predicted octanol–water partition coefficient (Wildman–Crippen LogP) is 3.94. The number of H-pyrrole nitrogens is 1. The first-order chi connectivity index (χ1) is 18.0. The van der Waals surface area contributed by atoms with E-state index in [1.807, 2.05) is 41.3 Å². The third-order valence-electron chi connectivity index (χ3n) is 6.86. The lowest BCUT2D eigenvalue weighted by Gasteiger charge is -2.15. The van der Waals surface area contributed by atoms with E-state index in [4.69, 9.17) is 5.84 Å². The van der Waals surface area contributed by atoms with Gasteiger partial charge in [0.1, 0.15) is 5.82 Å². The molecule has 1 aromatic carbocycles. The summed E-state index contributed by atoms with van der Waals surface area (Å²) in [6.07, 6.45) is 5.89. The molecule has 0 atom stereocenters. The molecule has 0 bridgehead atoms. The van der Waals surface area contributed by atoms with Gasteiger partial charge in [-0.15, -0.1) is 0 Å². The van der Waals surface area contributed by atoms with Crippen molar-refractivity contribution in [2.45, 2.75) is 26.2 Å². The van der Waals surface area contributed by atoms with Crippen molar-refractivity contribution in [1.82, 2.24) is 29.7 Å². The van der Waals surface area contributed by atoms with Gasteiger partial charge in [0.05, 0.1) is 16.9 Å². The van der Waals surface area contributed by atoms with Crippen LogP contribution in [0.25, 0.3) is 44.5 Å². The fraction of sp³-hybridized carbons (Fsp3) is 0.222. The lowest BCUT2D eigenvalue weighted by molar-refractivity contribution is -0.115. The molecule has 6 rings (SSSR count). The molecule has 1 fully saturated rings. The van der Waals surface area contributed by atoms with Crippen molar-refractivity contribution in [3.63, 3.8) is 0 Å². The number of rotatable bonds is 5. The first-order valence-corrected chi connectivity index (χ1v) is 12.3. The van der Waals surface area contributed by atoms with Gasteiger partial charge in [-0.2, -0.15) is 5.10 Å². The molecule has 5 aromatic rings. The Kier molecular flexibility index (Phi) is 5.56. The molecule has 1 saturated heterocycles. The van der Waals surface area contributed by atoms with Gasteiger partial charge in [0, 0.05) is 59.4 Å². The molecule has 0 spiro atoms. The molecule has 1 aliphatic rings. The monoisotopic (exact) mass is 494 g/mol. The SMILES string of the molecule is CCC(=O)Nc1ccc(-c2cnc3n[nH]c(-c4cc5c(C(=O)N6CCCC6)cccc5n4N)c3c2)cn1. The second kappa shape index (κ2) is 9.05. The summed E-state index contributed by atoms with van der Waals surface area (Å²) in [4.78, 5) is 35.6. The van der Waals surface area contributed by atoms with Gasteiger partial charge in [-0.25, -0.2) is 9.97 Å². The summed E-state index contributed by atoms with van der Waals surface area (Å²) in [7, 11) is 0. The summed E-state index contributed by atoms with van der Waals surface area (Å²) in [6.45, 7) is 3.36. The van der Waals surface area contributed by atoms with Crippen LogP contribution in [0.3, 0.4) is 0 Å². The largest absolute Gasteiger partial charge is 0.339 e. The molecule has 0 aliphatic carbocycles. The van der Waals surface area contributed by atoms with E-state index < -0.39 is 0 Å². The van der Waals surface area contributed by atoms with Crippen LogP contribution in [-0.4, -0.2) is 54.6 Å². The van der Waals surface area contributed by atoms with Gasteiger partial charge in [-0.05, 0) is 49.2 Å². The Morgan fingerprint density at radius 3 is 2.59 bits per heavy atom. The summed E-state index contributed by atoms with van der Waals surface area (Å²) in [5.74, 6) is 6.98. The number of nitrogen functional groups attached to an aromatic ring is 1. The maximum absolute atomic E-state index is 13.2. The van der Waals surface area contributed by atoms with Crippen molar-refractivity contribution in [3.8, 4) is 22.5 Å². The maximum Gasteiger partial charge on any atom is 0.254 e. The van der Waals surface area contributed by atoms with Gasteiger partial charge in [0.2, 0.25) is 5.91 Å². The van der Waals surface area contributed by atoms with Crippen molar-refractivity contribution in [1.29, 1.82) is 0 Å². The quantitative estimate of drug-likeness (QED) is 0.317. The maximum atomic E-state index is 13.2. The Balaban J connectivity index is 1.40. The summed E-state index contributed by atoms with van der Waals surface area (Å²) in [5, 5.41) is 11.8. The Morgan fingerprint density at radius 1 is 1.03 bits per heavy atom. The number of likely N-dealkylation sites (tertiary alicyclic amines) is 1. The zero-order valence-electron chi connectivity index (χ0n) is 20.4. The fourth-order valence-electron chi connectivity index (χ4n) is 4.84. The standard InChI is InChI=1S/C27H26N8O2/c1-2-24(36)31-23-9-8-16(14-29-23)17-12-20-25(32-33-26(20)30-15-17)22-13-19-18(6-5-7-21(19)35(22)28)27(37)34-10-3-4-11-34/h5-9,12-15H,2-4,10-11,28H2,1H3,(H,29,31,36)(H,30,32,33). The average Bonchev–Trinajstić information content (AvgIpc) is 3.68. The Bertz CT molecular complexity index is 1640. The zero-order valence-corrected chi connectivity index (χ0v) is 20.4. The van der Waals surface area contributed by atoms with E-state index in [9.17, 15) is 9.59 Å². The van der Waals surface area contributed by atoms with Crippen molar-refractivity contribution in [2.75, 3.05) is 24.2 Å². The van der Waals surface area contributed by atoms with Gasteiger partial charge in [0.15, 0.2) is 5.65 Å². The number of fused-ring (bicyclic) bond motifs is 2. The molecule has 0 unspecified atom stereocenters. The second-order valence-electron chi connectivity index (χ2n) is 9.16. The Labute approximate surface area is 212 Å². The van der Waals surface area contributed by atoms with Gasteiger partial charge < -0.3 is 16.1 Å². The van der Waals surface area contributed by atoms with Crippen LogP contribution < -0.4 is 11.2 Å². The number of nitrogens with two attached hydrogens (primary N) is 1. The Morgan fingerprint density at radius 2 is 1.84 bits per heavy atom. The smallest absolute Gasteiger partial charge is 0.254 e. The molecule has 0 saturated carbocycles. The van der Waals surface area contributed by atoms with E-state index in [0.717, 1.165) is 53.3 Å². The number of hydrogen-bond acceptors (Lipinski definition) is 6. The highest BCUT2D eigenvalue weighted by Gasteiger charge is 2.24. The molecular weight excluding hydrogens is 468 g/mol. The molecule has 0 radical (unpaired) electrons. The third-order valence-corrected chi connectivity index (χ3v) is 6.86. The molecular formula is C27H26N8O2. The number of benzene rings is 1. The summed E-state index contributed by atoms with van der Waals surface area (Å²) < 4.78 is 1.59. The van der Waals surface area contributed by atoms with Crippen molar-refractivity contribution < 1.29 is 9.59 Å². The van der Waals surface area contributed by atoms with E-state index in [2.05, 4.69) is 25.5 Å². The number of carbonyl (C=O) groups excluding carboxylic acids is 2. The lowest BCUT2D eigenvalue weighted by Crippen LogP contribution is -2.27. The van der Waals surface area contributed by atoms with Crippen LogP contribution in [0.2, 0.25) is 0 Å². The first-order valence-electron chi connectivity index (χ1n) is 12.3. The van der Waals surface area contributed by atoms with Crippen molar-refractivity contribution >= 4 is 39.6 Å². The number of amides is 2. The zero-order chi connectivity index (χ0) is 25.5. The highest BCUT2D eigenvalue weighted by atomic mass is 16.2. The van der Waals surface area contributed by atoms with Crippen LogP contribution in [0, 0.1) is 0 Å². The first kappa shape index (κ1) is 22.7. The average molecular weight is 495 g/mol. The lowest BCUT2D eigenvalue weighted by atomic mass is 10.1. The van der Waals surface area contributed by atoms with E-state index in [1.165, 1.54) is 0 Å². The molecule has 2 amide bonds. The van der Waals surface area contributed by atoms with E-state index in [1.54, 1.807) is 30.1 Å². The molecule has 5 heterocycles. The summed E-state index contributed by atoms with van der Waals surface area (Å²) >= 11 is 0. The third kappa shape index (κ3) is 3.96. The normalized spacial score (nSPS) is 13.5. The van der Waals surface area contributed by atoms with Crippen LogP contribution in [0.5, 0.6) is 0 Å². The summed E-state index contributed by atoms with van der Waals surface area (Å²) in [5.41, 5.74) is 5.08. The number of nitrogens with one attached hydrogen (secondary N) is 2. The molecule has 10 heteroatoms. The minimum Gasteiger partial charge on any atom is -0.339 e. The van der Waals surface area contributed by atoms with Gasteiger partial charge in [-0.3, -0.25) is 19.4 Å². The van der Waals surface area contributed by atoms with Gasteiger partial charge in [0.25, 0.3) is 5.91 Å². The predicted molar refractivity (Wildman–Crippen MR) is 142 cm³/mol. The van der Waals surface area contributed by atoms with E-state index in [0.29, 0.717) is 34.8 Å². The molecule has 4 N–H and O–H groups in total. The van der Waals surface area contributed by atoms with Crippen LogP contribution in [-0.2, 0) is 4.79 Å². The molecule has 4 aromatic heterocycles. The minimum absolute atomic E-state index is 0.0322. The van der Waals surface area contributed by atoms with E-state index in [-0.39, 0.29) is 11.8 Å². The topological polar surface area (TPSA) is 135 Å². The summed E-state index contributed by atoms with van der Waals surface area (Å²) in [6, 6.07) is 13.2. The van der Waals surface area contributed by atoms with Crippen molar-refractivity contribution in [2.24, 2.45) is 0 Å². The van der Waals surface area contributed by atoms with Gasteiger partial charge in [-0.1, -0.05) is 13.0 Å². The number of anilines is 1. The molecule has 10 nitrogen and oxygen atoms in total.